The number of nitrogens with zero attached hydrogens (tertiary/aromatic N) is 1. The molecule has 4 unspecified atom stereocenters. The van der Waals surface area contributed by atoms with Crippen molar-refractivity contribution in [3.05, 3.63) is 0 Å². The van der Waals surface area contributed by atoms with E-state index in [0.29, 0.717) is 0 Å². The van der Waals surface area contributed by atoms with Crippen LogP contribution in [-0.2, 0) is 9.53 Å². The lowest BCUT2D eigenvalue weighted by atomic mass is 10.1. The summed E-state index contributed by atoms with van der Waals surface area (Å²) in [7, 11) is 0. The predicted molar refractivity (Wildman–Crippen MR) is 51.2 cm³/mol. The van der Waals surface area contributed by atoms with E-state index < -0.39 is 30.6 Å². The van der Waals surface area contributed by atoms with E-state index in [4.69, 9.17) is 4.74 Å². The maximum absolute atomic E-state index is 11.5. The Labute approximate surface area is 92.0 Å². The van der Waals surface area contributed by atoms with Crippen molar-refractivity contribution in [1.82, 2.24) is 10.2 Å². The highest BCUT2D eigenvalue weighted by Gasteiger charge is 2.45. The Bertz CT molecular complexity index is 321. The zero-order valence-electron chi connectivity index (χ0n) is 8.79. The van der Waals surface area contributed by atoms with Gasteiger partial charge in [-0.3, -0.25) is 15.0 Å². The molecule has 4 atom stereocenters. The largest absolute Gasteiger partial charge is 0.388 e. The molecular weight excluding hydrogens is 216 g/mol. The summed E-state index contributed by atoms with van der Waals surface area (Å²) in [5, 5.41) is 21.3. The molecule has 2 saturated heterocycles. The Hall–Kier alpha value is -1.18. The summed E-state index contributed by atoms with van der Waals surface area (Å²) in [5.41, 5.74) is 0. The minimum absolute atomic E-state index is 0.169. The molecule has 0 aromatic rings. The van der Waals surface area contributed by atoms with Crippen LogP contribution in [-0.4, -0.2) is 58.1 Å². The number of carbonyl (C=O) groups excluding carboxylic acids is 2. The molecule has 7 nitrogen and oxygen atoms in total. The number of amides is 3. The quantitative estimate of drug-likeness (QED) is 0.503. The Kier molecular flexibility index (Phi) is 2.83. The van der Waals surface area contributed by atoms with Gasteiger partial charge in [0.25, 0.3) is 0 Å². The standard InChI is InChI=1S/C9H14N2O5/c1-4-6(13)7(14)8(16-4)11-3-2-5(12)10-9(11)15/h4,6-8,13-14H,2-3H2,1H3,(H,10,12,15). The second-order valence-electron chi connectivity index (χ2n) is 4.01. The molecule has 16 heavy (non-hydrogen) atoms. The van der Waals surface area contributed by atoms with Crippen molar-refractivity contribution in [1.29, 1.82) is 0 Å². The van der Waals surface area contributed by atoms with E-state index in [1.807, 2.05) is 0 Å². The summed E-state index contributed by atoms with van der Waals surface area (Å²) in [4.78, 5) is 23.6. The van der Waals surface area contributed by atoms with Crippen molar-refractivity contribution in [2.75, 3.05) is 6.54 Å². The minimum atomic E-state index is -1.14. The van der Waals surface area contributed by atoms with Crippen molar-refractivity contribution in [3.8, 4) is 0 Å². The van der Waals surface area contributed by atoms with E-state index in [9.17, 15) is 19.8 Å². The van der Waals surface area contributed by atoms with E-state index in [2.05, 4.69) is 5.32 Å². The molecule has 0 aromatic heterocycles. The first-order chi connectivity index (χ1) is 7.50. The van der Waals surface area contributed by atoms with Crippen LogP contribution in [0.5, 0.6) is 0 Å². The first kappa shape index (κ1) is 11.3. The van der Waals surface area contributed by atoms with Crippen LogP contribution in [0.3, 0.4) is 0 Å². The van der Waals surface area contributed by atoms with E-state index in [-0.39, 0.29) is 18.9 Å². The van der Waals surface area contributed by atoms with Crippen molar-refractivity contribution < 1.29 is 24.5 Å². The van der Waals surface area contributed by atoms with E-state index in [1.54, 1.807) is 6.92 Å². The fourth-order valence-electron chi connectivity index (χ4n) is 1.91. The topological polar surface area (TPSA) is 99.1 Å². The average molecular weight is 230 g/mol. The van der Waals surface area contributed by atoms with Crippen molar-refractivity contribution in [2.24, 2.45) is 0 Å². The van der Waals surface area contributed by atoms with Gasteiger partial charge in [-0.1, -0.05) is 0 Å². The van der Waals surface area contributed by atoms with E-state index >= 15 is 0 Å². The number of aliphatic hydroxyl groups excluding tert-OH is 2. The molecule has 0 spiro atoms. The first-order valence-corrected chi connectivity index (χ1v) is 5.12. The Morgan fingerprint density at radius 3 is 2.56 bits per heavy atom. The molecular formula is C9H14N2O5. The summed E-state index contributed by atoms with van der Waals surface area (Å²) in [6, 6.07) is -0.596. The maximum Gasteiger partial charge on any atom is 0.326 e. The van der Waals surface area contributed by atoms with Crippen LogP contribution in [0.1, 0.15) is 13.3 Å². The van der Waals surface area contributed by atoms with Crippen LogP contribution in [0.25, 0.3) is 0 Å². The number of rotatable bonds is 1. The van der Waals surface area contributed by atoms with Gasteiger partial charge in [0.1, 0.15) is 12.2 Å². The lowest BCUT2D eigenvalue weighted by Crippen LogP contribution is -2.56. The molecule has 2 heterocycles. The van der Waals surface area contributed by atoms with E-state index in [0.717, 1.165) is 0 Å². The molecule has 0 saturated carbocycles. The van der Waals surface area contributed by atoms with Gasteiger partial charge >= 0.3 is 6.03 Å². The molecule has 7 heteroatoms. The highest BCUT2D eigenvalue weighted by Crippen LogP contribution is 2.24. The molecule has 0 aliphatic carbocycles. The Balaban J connectivity index is 2.08. The van der Waals surface area contributed by atoms with Crippen LogP contribution in [0.15, 0.2) is 0 Å². The van der Waals surface area contributed by atoms with Gasteiger partial charge in [0.05, 0.1) is 6.10 Å². The van der Waals surface area contributed by atoms with Gasteiger partial charge in [-0.15, -0.1) is 0 Å². The Morgan fingerprint density at radius 1 is 1.38 bits per heavy atom. The number of hydrogen-bond acceptors (Lipinski definition) is 5. The van der Waals surface area contributed by atoms with Crippen molar-refractivity contribution in [2.45, 2.75) is 37.9 Å². The van der Waals surface area contributed by atoms with Crippen molar-refractivity contribution in [3.63, 3.8) is 0 Å². The highest BCUT2D eigenvalue weighted by molar-refractivity contribution is 5.96. The molecule has 3 N–H and O–H groups in total. The van der Waals surface area contributed by atoms with Gasteiger partial charge in [0.2, 0.25) is 5.91 Å². The first-order valence-electron chi connectivity index (χ1n) is 5.12. The minimum Gasteiger partial charge on any atom is -0.388 e. The number of aliphatic hydroxyl groups is 2. The second-order valence-corrected chi connectivity index (χ2v) is 4.01. The molecule has 0 aromatic carbocycles. The molecule has 3 amide bonds. The molecule has 2 aliphatic rings. The van der Waals surface area contributed by atoms with Gasteiger partial charge in [0.15, 0.2) is 6.23 Å². The van der Waals surface area contributed by atoms with Crippen LogP contribution < -0.4 is 5.32 Å². The SMILES string of the molecule is CC1OC(N2CCC(=O)NC2=O)C(O)C1O. The third-order valence-corrected chi connectivity index (χ3v) is 2.87. The number of carbonyl (C=O) groups is 2. The van der Waals surface area contributed by atoms with Gasteiger partial charge in [-0.25, -0.2) is 4.79 Å². The molecule has 90 valence electrons. The maximum atomic E-state index is 11.5. The van der Waals surface area contributed by atoms with Crippen LogP contribution >= 0.6 is 0 Å². The zero-order chi connectivity index (χ0) is 11.9. The molecule has 2 rings (SSSR count). The van der Waals surface area contributed by atoms with E-state index in [1.165, 1.54) is 4.90 Å². The van der Waals surface area contributed by atoms with Gasteiger partial charge in [0, 0.05) is 13.0 Å². The summed E-state index contributed by atoms with van der Waals surface area (Å²) >= 11 is 0. The fourth-order valence-corrected chi connectivity index (χ4v) is 1.91. The smallest absolute Gasteiger partial charge is 0.326 e. The van der Waals surface area contributed by atoms with Gasteiger partial charge < -0.3 is 14.9 Å². The summed E-state index contributed by atoms with van der Waals surface area (Å²) in [6.07, 6.45) is -3.42. The molecule has 0 radical (unpaired) electrons. The summed E-state index contributed by atoms with van der Waals surface area (Å²) < 4.78 is 5.28. The third-order valence-electron chi connectivity index (χ3n) is 2.87. The third kappa shape index (κ3) is 1.77. The number of nitrogens with one attached hydrogen (secondary N) is 1. The van der Waals surface area contributed by atoms with Gasteiger partial charge in [-0.05, 0) is 6.92 Å². The van der Waals surface area contributed by atoms with Crippen LogP contribution in [0.4, 0.5) is 4.79 Å². The lowest BCUT2D eigenvalue weighted by molar-refractivity contribution is -0.124. The molecule has 2 fully saturated rings. The van der Waals surface area contributed by atoms with Crippen LogP contribution in [0, 0.1) is 0 Å². The normalized spacial score (nSPS) is 40.1. The second kappa shape index (κ2) is 4.00. The van der Waals surface area contributed by atoms with Gasteiger partial charge in [-0.2, -0.15) is 0 Å². The van der Waals surface area contributed by atoms with Crippen molar-refractivity contribution >= 4 is 11.9 Å². The fraction of sp³-hybridized carbons (Fsp3) is 0.778. The molecule has 2 aliphatic heterocycles. The number of ether oxygens (including phenoxy) is 1. The number of imide groups is 1. The zero-order valence-corrected chi connectivity index (χ0v) is 8.79. The number of hydrogen-bond donors (Lipinski definition) is 3. The monoisotopic (exact) mass is 230 g/mol. The summed E-state index contributed by atoms with van der Waals surface area (Å²) in [5.74, 6) is -0.345. The predicted octanol–water partition coefficient (Wildman–Crippen LogP) is -1.61. The summed E-state index contributed by atoms with van der Waals surface area (Å²) in [6.45, 7) is 1.80. The molecule has 0 bridgehead atoms. The Morgan fingerprint density at radius 2 is 2.06 bits per heavy atom. The van der Waals surface area contributed by atoms with Crippen LogP contribution in [0.2, 0.25) is 0 Å². The highest BCUT2D eigenvalue weighted by atomic mass is 16.6. The number of urea groups is 1. The average Bonchev–Trinajstić information content (AvgIpc) is 2.46. The lowest BCUT2D eigenvalue weighted by Gasteiger charge is -2.32.